The molecule has 1 aliphatic heterocycles. The van der Waals surface area contributed by atoms with Gasteiger partial charge in [-0.15, -0.1) is 0 Å². The van der Waals surface area contributed by atoms with E-state index in [4.69, 9.17) is 16.3 Å². The Morgan fingerprint density at radius 2 is 2.05 bits per heavy atom. The van der Waals surface area contributed by atoms with Gasteiger partial charge in [-0.3, -0.25) is 14.9 Å². The minimum absolute atomic E-state index is 0.00192. The highest BCUT2D eigenvalue weighted by Gasteiger charge is 2.17. The molecule has 0 aromatic heterocycles. The number of benzene rings is 1. The summed E-state index contributed by atoms with van der Waals surface area (Å²) in [6, 6.07) is 4.06. The molecule has 1 fully saturated rings. The van der Waals surface area contributed by atoms with Crippen LogP contribution in [0.15, 0.2) is 18.2 Å². The maximum absolute atomic E-state index is 11.9. The summed E-state index contributed by atoms with van der Waals surface area (Å²) >= 11 is 5.77. The van der Waals surface area contributed by atoms with Gasteiger partial charge >= 0.3 is 0 Å². The molecule has 1 amide bonds. The zero-order chi connectivity index (χ0) is 14.5. The van der Waals surface area contributed by atoms with Crippen molar-refractivity contribution in [1.82, 2.24) is 4.90 Å². The van der Waals surface area contributed by atoms with Gasteiger partial charge in [-0.05, 0) is 25.3 Å². The van der Waals surface area contributed by atoms with Crippen LogP contribution in [0.3, 0.4) is 0 Å². The van der Waals surface area contributed by atoms with Crippen molar-refractivity contribution >= 4 is 23.2 Å². The Kier molecular flexibility index (Phi) is 4.79. The molecule has 0 N–H and O–H groups in total. The number of hydrogen-bond donors (Lipinski definition) is 0. The third kappa shape index (κ3) is 3.60. The first-order valence-corrected chi connectivity index (χ1v) is 6.80. The van der Waals surface area contributed by atoms with E-state index in [2.05, 4.69) is 0 Å². The lowest BCUT2D eigenvalue weighted by molar-refractivity contribution is -0.384. The van der Waals surface area contributed by atoms with Crippen LogP contribution in [0.1, 0.15) is 19.3 Å². The van der Waals surface area contributed by atoms with Crippen molar-refractivity contribution < 1.29 is 14.5 Å². The second kappa shape index (κ2) is 6.56. The number of likely N-dealkylation sites (tertiary alicyclic amines) is 1. The molecular weight excluding hydrogens is 284 g/mol. The lowest BCUT2D eigenvalue weighted by Gasteiger charge is -2.26. The van der Waals surface area contributed by atoms with Gasteiger partial charge in [0.2, 0.25) is 0 Å². The van der Waals surface area contributed by atoms with Gasteiger partial charge in [0, 0.05) is 25.2 Å². The number of carbonyl (C=O) groups is 1. The average Bonchev–Trinajstić information content (AvgIpc) is 2.45. The molecule has 0 unspecified atom stereocenters. The van der Waals surface area contributed by atoms with Crippen LogP contribution in [0.5, 0.6) is 5.75 Å². The normalized spacial score (nSPS) is 14.9. The van der Waals surface area contributed by atoms with Crippen molar-refractivity contribution in [1.29, 1.82) is 0 Å². The van der Waals surface area contributed by atoms with Gasteiger partial charge in [0.15, 0.2) is 6.61 Å². The number of nitro benzene ring substituents is 1. The summed E-state index contributed by atoms with van der Waals surface area (Å²) in [5.41, 5.74) is -0.179. The minimum atomic E-state index is -0.564. The summed E-state index contributed by atoms with van der Waals surface area (Å²) in [5.74, 6) is 0.283. The van der Waals surface area contributed by atoms with E-state index in [0.29, 0.717) is 5.75 Å². The van der Waals surface area contributed by atoms with E-state index in [1.807, 2.05) is 0 Å². The Balaban J connectivity index is 1.92. The number of carbonyl (C=O) groups excluding carboxylic acids is 1. The molecule has 1 saturated heterocycles. The van der Waals surface area contributed by atoms with Gasteiger partial charge in [0.25, 0.3) is 11.6 Å². The van der Waals surface area contributed by atoms with E-state index < -0.39 is 4.92 Å². The van der Waals surface area contributed by atoms with Gasteiger partial charge in [0.05, 0.1) is 4.92 Å². The van der Waals surface area contributed by atoms with E-state index >= 15 is 0 Å². The third-order valence-electron chi connectivity index (χ3n) is 3.19. The third-order valence-corrected chi connectivity index (χ3v) is 3.49. The van der Waals surface area contributed by atoms with Crippen LogP contribution < -0.4 is 4.74 Å². The maximum Gasteiger partial charge on any atom is 0.288 e. The van der Waals surface area contributed by atoms with Crippen molar-refractivity contribution in [2.24, 2.45) is 0 Å². The van der Waals surface area contributed by atoms with Crippen LogP contribution in [-0.4, -0.2) is 35.4 Å². The van der Waals surface area contributed by atoms with Gasteiger partial charge in [-0.25, -0.2) is 0 Å². The Labute approximate surface area is 121 Å². The molecule has 0 saturated carbocycles. The van der Waals surface area contributed by atoms with Crippen LogP contribution >= 0.6 is 11.6 Å². The zero-order valence-corrected chi connectivity index (χ0v) is 11.6. The maximum atomic E-state index is 11.9. The molecule has 20 heavy (non-hydrogen) atoms. The van der Waals surface area contributed by atoms with Crippen molar-refractivity contribution in [3.63, 3.8) is 0 Å². The summed E-state index contributed by atoms with van der Waals surface area (Å²) in [5, 5.41) is 10.6. The molecule has 6 nitrogen and oxygen atoms in total. The fourth-order valence-electron chi connectivity index (χ4n) is 2.11. The topological polar surface area (TPSA) is 72.7 Å². The van der Waals surface area contributed by atoms with Crippen molar-refractivity contribution in [2.75, 3.05) is 19.7 Å². The fourth-order valence-corrected chi connectivity index (χ4v) is 2.34. The van der Waals surface area contributed by atoms with Gasteiger partial charge < -0.3 is 9.64 Å². The highest BCUT2D eigenvalue weighted by molar-refractivity contribution is 6.32. The Bertz CT molecular complexity index is 515. The number of nitro groups is 1. The van der Waals surface area contributed by atoms with Gasteiger partial charge in [-0.2, -0.15) is 0 Å². The predicted octanol–water partition coefficient (Wildman–Crippen LogP) is 2.64. The highest BCUT2D eigenvalue weighted by atomic mass is 35.5. The first kappa shape index (κ1) is 14.6. The number of halogens is 1. The molecule has 0 atom stereocenters. The van der Waals surface area contributed by atoms with E-state index in [-0.39, 0.29) is 23.2 Å². The molecule has 0 radical (unpaired) electrons. The van der Waals surface area contributed by atoms with Gasteiger partial charge in [0.1, 0.15) is 10.8 Å². The molecule has 2 rings (SSSR count). The molecule has 7 heteroatoms. The number of rotatable bonds is 4. The van der Waals surface area contributed by atoms with Crippen LogP contribution in [0.2, 0.25) is 5.02 Å². The lowest BCUT2D eigenvalue weighted by Crippen LogP contribution is -2.38. The van der Waals surface area contributed by atoms with E-state index in [9.17, 15) is 14.9 Å². The fraction of sp³-hybridized carbons (Fsp3) is 0.462. The number of nitrogens with zero attached hydrogens (tertiary/aromatic N) is 2. The Morgan fingerprint density at radius 3 is 2.65 bits per heavy atom. The summed E-state index contributed by atoms with van der Waals surface area (Å²) in [7, 11) is 0. The molecule has 1 aromatic carbocycles. The standard InChI is InChI=1S/C13H15ClN2O4/c14-11-8-10(4-5-12(11)16(18)19)20-9-13(17)15-6-2-1-3-7-15/h4-5,8H,1-3,6-7,9H2. The highest BCUT2D eigenvalue weighted by Crippen LogP contribution is 2.28. The monoisotopic (exact) mass is 298 g/mol. The molecule has 0 bridgehead atoms. The number of piperidine rings is 1. The van der Waals surface area contributed by atoms with Crippen LogP contribution in [0.4, 0.5) is 5.69 Å². The van der Waals surface area contributed by atoms with Crippen molar-refractivity contribution in [3.8, 4) is 5.75 Å². The molecule has 0 spiro atoms. The summed E-state index contributed by atoms with van der Waals surface area (Å²) in [6.45, 7) is 1.46. The average molecular weight is 299 g/mol. The van der Waals surface area contributed by atoms with Gasteiger partial charge in [-0.1, -0.05) is 11.6 Å². The molecular formula is C13H15ClN2O4. The van der Waals surface area contributed by atoms with Crippen LogP contribution in [-0.2, 0) is 4.79 Å². The summed E-state index contributed by atoms with van der Waals surface area (Å²) in [4.78, 5) is 23.7. The Hall–Kier alpha value is -1.82. The molecule has 108 valence electrons. The molecule has 1 aromatic rings. The van der Waals surface area contributed by atoms with E-state index in [1.165, 1.54) is 18.2 Å². The Morgan fingerprint density at radius 1 is 1.35 bits per heavy atom. The van der Waals surface area contributed by atoms with Crippen molar-refractivity contribution in [2.45, 2.75) is 19.3 Å². The second-order valence-corrected chi connectivity index (χ2v) is 5.01. The molecule has 0 aliphatic carbocycles. The van der Waals surface area contributed by atoms with Crippen molar-refractivity contribution in [3.05, 3.63) is 33.3 Å². The van der Waals surface area contributed by atoms with Crippen LogP contribution in [0, 0.1) is 10.1 Å². The van der Waals surface area contributed by atoms with E-state index in [0.717, 1.165) is 32.4 Å². The quantitative estimate of drug-likeness (QED) is 0.633. The first-order valence-electron chi connectivity index (χ1n) is 6.42. The zero-order valence-electron chi connectivity index (χ0n) is 10.9. The number of amides is 1. The van der Waals surface area contributed by atoms with Crippen LogP contribution in [0.25, 0.3) is 0 Å². The summed E-state index contributed by atoms with van der Waals surface area (Å²) < 4.78 is 5.34. The SMILES string of the molecule is O=C(COc1ccc([N+](=O)[O-])c(Cl)c1)N1CCCCC1. The number of hydrogen-bond acceptors (Lipinski definition) is 4. The summed E-state index contributed by atoms with van der Waals surface area (Å²) in [6.07, 6.45) is 3.20. The first-order chi connectivity index (χ1) is 9.58. The lowest BCUT2D eigenvalue weighted by atomic mass is 10.1. The van der Waals surface area contributed by atoms with E-state index in [1.54, 1.807) is 4.90 Å². The second-order valence-electron chi connectivity index (χ2n) is 4.60. The molecule has 1 heterocycles. The largest absolute Gasteiger partial charge is 0.484 e. The number of ether oxygens (including phenoxy) is 1. The smallest absolute Gasteiger partial charge is 0.288 e. The molecule has 1 aliphatic rings. The minimum Gasteiger partial charge on any atom is -0.484 e. The predicted molar refractivity (Wildman–Crippen MR) is 74.0 cm³/mol.